The summed E-state index contributed by atoms with van der Waals surface area (Å²) >= 11 is 0. The van der Waals surface area contributed by atoms with Crippen molar-refractivity contribution >= 4 is 17.9 Å². The molecule has 0 aromatic heterocycles. The van der Waals surface area contributed by atoms with Crippen molar-refractivity contribution in [3.8, 4) is 0 Å². The Hall–Kier alpha value is -2.63. The Morgan fingerprint density at radius 3 is 1.15 bits per heavy atom. The molecule has 1 atom stereocenters. The number of esters is 3. The first kappa shape index (κ1) is 50.4. The van der Waals surface area contributed by atoms with Gasteiger partial charge >= 0.3 is 17.9 Å². The average Bonchev–Trinajstić information content (AvgIpc) is 3.15. The van der Waals surface area contributed by atoms with E-state index >= 15 is 0 Å². The first-order valence-electron chi connectivity index (χ1n) is 22.1. The fraction of sp³-hybridized carbons (Fsp3) is 0.766. The van der Waals surface area contributed by atoms with E-state index in [9.17, 15) is 14.4 Å². The van der Waals surface area contributed by atoms with Gasteiger partial charge in [0.05, 0.1) is 0 Å². The molecule has 0 aliphatic rings. The first-order chi connectivity index (χ1) is 26.0. The van der Waals surface area contributed by atoms with Crippen LogP contribution in [0.2, 0.25) is 0 Å². The van der Waals surface area contributed by atoms with Gasteiger partial charge in [0, 0.05) is 19.3 Å². The summed E-state index contributed by atoms with van der Waals surface area (Å²) in [6.07, 6.45) is 48.3. The maximum absolute atomic E-state index is 12.7. The summed E-state index contributed by atoms with van der Waals surface area (Å²) in [6.45, 7) is 6.42. The number of carbonyl (C=O) groups excluding carboxylic acids is 3. The van der Waals surface area contributed by atoms with Crippen LogP contribution in [0.5, 0.6) is 0 Å². The smallest absolute Gasteiger partial charge is 0.306 e. The molecule has 1 unspecified atom stereocenters. The van der Waals surface area contributed by atoms with E-state index in [1.54, 1.807) is 0 Å². The van der Waals surface area contributed by atoms with Crippen molar-refractivity contribution in [1.29, 1.82) is 0 Å². The topological polar surface area (TPSA) is 78.9 Å². The lowest BCUT2D eigenvalue weighted by Crippen LogP contribution is -2.30. The Bertz CT molecular complexity index is 949. The highest BCUT2D eigenvalue weighted by Gasteiger charge is 2.19. The third-order valence-corrected chi connectivity index (χ3v) is 9.35. The summed E-state index contributed by atoms with van der Waals surface area (Å²) in [4.78, 5) is 37.5. The number of rotatable bonds is 39. The van der Waals surface area contributed by atoms with Crippen LogP contribution in [0.3, 0.4) is 0 Å². The van der Waals surface area contributed by atoms with Crippen LogP contribution >= 0.6 is 0 Å². The monoisotopic (exact) mass is 743 g/mol. The molecule has 0 radical (unpaired) electrons. The van der Waals surface area contributed by atoms with E-state index in [2.05, 4.69) is 69.4 Å². The molecule has 0 rings (SSSR count). The molecule has 0 amide bonds. The Kier molecular flexibility index (Phi) is 40.0. The van der Waals surface area contributed by atoms with E-state index in [4.69, 9.17) is 14.2 Å². The molecule has 306 valence electrons. The second kappa shape index (κ2) is 42.1. The quantitative estimate of drug-likeness (QED) is 0.0270. The highest BCUT2D eigenvalue weighted by atomic mass is 16.6. The van der Waals surface area contributed by atoms with E-state index < -0.39 is 6.10 Å². The Morgan fingerprint density at radius 1 is 0.396 bits per heavy atom. The fourth-order valence-corrected chi connectivity index (χ4v) is 6.02. The zero-order valence-corrected chi connectivity index (χ0v) is 34.8. The van der Waals surface area contributed by atoms with Gasteiger partial charge in [0.15, 0.2) is 6.10 Å². The number of hydrogen-bond donors (Lipinski definition) is 0. The van der Waals surface area contributed by atoms with Crippen LogP contribution in [-0.4, -0.2) is 37.2 Å². The summed E-state index contributed by atoms with van der Waals surface area (Å²) in [6, 6.07) is 0. The van der Waals surface area contributed by atoms with Crippen molar-refractivity contribution in [2.24, 2.45) is 0 Å². The predicted octanol–water partition coefficient (Wildman–Crippen LogP) is 14.0. The van der Waals surface area contributed by atoms with Crippen LogP contribution in [0.25, 0.3) is 0 Å². The predicted molar refractivity (Wildman–Crippen MR) is 224 cm³/mol. The van der Waals surface area contributed by atoms with Gasteiger partial charge < -0.3 is 14.2 Å². The normalized spacial score (nSPS) is 12.4. The van der Waals surface area contributed by atoms with Crippen LogP contribution in [0.1, 0.15) is 213 Å². The van der Waals surface area contributed by atoms with Crippen LogP contribution in [0.15, 0.2) is 48.6 Å². The van der Waals surface area contributed by atoms with Crippen LogP contribution in [-0.2, 0) is 28.6 Å². The van der Waals surface area contributed by atoms with Crippen molar-refractivity contribution in [1.82, 2.24) is 0 Å². The Morgan fingerprint density at radius 2 is 0.736 bits per heavy atom. The second-order valence-electron chi connectivity index (χ2n) is 14.6. The average molecular weight is 743 g/mol. The van der Waals surface area contributed by atoms with E-state index in [1.807, 2.05) is 0 Å². The van der Waals surface area contributed by atoms with E-state index in [0.29, 0.717) is 19.3 Å². The molecule has 0 saturated heterocycles. The standard InChI is InChI=1S/C47H82O6/c1-4-7-10-13-16-18-20-22-24-26-27-29-31-34-37-40-46(49)52-43-44(42-51-45(48)39-36-33-15-12-9-6-3)53-47(50)41-38-35-32-30-28-25-23-21-19-17-14-11-8-5-2/h7,10,16,18,22,24,27,29,44H,4-6,8-9,11-15,17,19-21,23,25-26,28,30-43H2,1-3H3/b10-7-,18-16-,24-22-,29-27-. The molecule has 6 nitrogen and oxygen atoms in total. The highest BCUT2D eigenvalue weighted by Crippen LogP contribution is 2.14. The van der Waals surface area contributed by atoms with E-state index in [0.717, 1.165) is 83.5 Å². The maximum atomic E-state index is 12.7. The molecule has 53 heavy (non-hydrogen) atoms. The van der Waals surface area contributed by atoms with Gasteiger partial charge in [0.2, 0.25) is 0 Å². The summed E-state index contributed by atoms with van der Waals surface area (Å²) in [5, 5.41) is 0. The molecule has 0 N–H and O–H groups in total. The summed E-state index contributed by atoms with van der Waals surface area (Å²) in [5.41, 5.74) is 0. The van der Waals surface area contributed by atoms with Crippen molar-refractivity contribution in [3.05, 3.63) is 48.6 Å². The third-order valence-electron chi connectivity index (χ3n) is 9.35. The lowest BCUT2D eigenvalue weighted by molar-refractivity contribution is -0.167. The minimum absolute atomic E-state index is 0.0851. The molecule has 0 aliphatic heterocycles. The zero-order valence-electron chi connectivity index (χ0n) is 34.8. The molecule has 0 heterocycles. The largest absolute Gasteiger partial charge is 0.462 e. The number of ether oxygens (including phenoxy) is 3. The number of unbranched alkanes of at least 4 members (excludes halogenated alkanes) is 20. The fourth-order valence-electron chi connectivity index (χ4n) is 6.02. The Labute approximate surface area is 327 Å². The van der Waals surface area contributed by atoms with Gasteiger partial charge in [-0.25, -0.2) is 0 Å². The molecule has 0 fully saturated rings. The lowest BCUT2D eigenvalue weighted by Gasteiger charge is -2.18. The van der Waals surface area contributed by atoms with Crippen LogP contribution in [0, 0.1) is 0 Å². The van der Waals surface area contributed by atoms with Crippen LogP contribution in [0.4, 0.5) is 0 Å². The number of carbonyl (C=O) groups is 3. The number of hydrogen-bond acceptors (Lipinski definition) is 6. The molecule has 0 bridgehead atoms. The van der Waals surface area contributed by atoms with E-state index in [-0.39, 0.29) is 31.1 Å². The second-order valence-corrected chi connectivity index (χ2v) is 14.6. The van der Waals surface area contributed by atoms with E-state index in [1.165, 1.54) is 89.9 Å². The van der Waals surface area contributed by atoms with Gasteiger partial charge in [-0.1, -0.05) is 185 Å². The Balaban J connectivity index is 4.34. The van der Waals surface area contributed by atoms with Crippen LogP contribution < -0.4 is 0 Å². The molecular formula is C47H82O6. The molecule has 0 spiro atoms. The third kappa shape index (κ3) is 40.4. The zero-order chi connectivity index (χ0) is 38.7. The molecule has 0 aromatic carbocycles. The number of allylic oxidation sites excluding steroid dienone is 8. The van der Waals surface area contributed by atoms with Crippen molar-refractivity contribution in [2.75, 3.05) is 13.2 Å². The van der Waals surface area contributed by atoms with Gasteiger partial charge in [-0.2, -0.15) is 0 Å². The van der Waals surface area contributed by atoms with Crippen molar-refractivity contribution in [2.45, 2.75) is 219 Å². The lowest BCUT2D eigenvalue weighted by atomic mass is 10.0. The molecule has 0 aliphatic carbocycles. The molecular weight excluding hydrogens is 661 g/mol. The summed E-state index contributed by atoms with van der Waals surface area (Å²) in [7, 11) is 0. The minimum Gasteiger partial charge on any atom is -0.462 e. The molecule has 6 heteroatoms. The van der Waals surface area contributed by atoms with Gasteiger partial charge in [-0.3, -0.25) is 14.4 Å². The summed E-state index contributed by atoms with van der Waals surface area (Å²) in [5.74, 6) is -0.938. The van der Waals surface area contributed by atoms with Crippen molar-refractivity contribution < 1.29 is 28.6 Å². The first-order valence-corrected chi connectivity index (χ1v) is 22.1. The summed E-state index contributed by atoms with van der Waals surface area (Å²) < 4.78 is 16.6. The van der Waals surface area contributed by atoms with Gasteiger partial charge in [-0.15, -0.1) is 0 Å². The SMILES string of the molecule is CC/C=C\C/C=C\C/C=C\C/C=C\CCCCC(=O)OCC(COC(=O)CCCCCCCC)OC(=O)CCCCCCCCCCCCCCCC. The minimum atomic E-state index is -0.782. The van der Waals surface area contributed by atoms with Crippen molar-refractivity contribution in [3.63, 3.8) is 0 Å². The molecule has 0 saturated carbocycles. The molecule has 0 aromatic rings. The highest BCUT2D eigenvalue weighted by molar-refractivity contribution is 5.71. The maximum Gasteiger partial charge on any atom is 0.306 e. The van der Waals surface area contributed by atoms with Gasteiger partial charge in [0.25, 0.3) is 0 Å². The van der Waals surface area contributed by atoms with Gasteiger partial charge in [0.1, 0.15) is 13.2 Å². The van der Waals surface area contributed by atoms with Gasteiger partial charge in [-0.05, 0) is 57.8 Å².